The van der Waals surface area contributed by atoms with E-state index >= 15 is 0 Å². The Morgan fingerprint density at radius 1 is 1.14 bits per heavy atom. The van der Waals surface area contributed by atoms with Crippen molar-refractivity contribution in [1.82, 2.24) is 24.6 Å². The number of amides is 1. The Hall–Kier alpha value is -3.22. The van der Waals surface area contributed by atoms with E-state index in [0.717, 1.165) is 25.2 Å². The fraction of sp³-hybridized carbons (Fsp3) is 0.333. The van der Waals surface area contributed by atoms with E-state index in [9.17, 15) is 9.59 Å². The lowest BCUT2D eigenvalue weighted by molar-refractivity contribution is 0.0946. The van der Waals surface area contributed by atoms with Crippen LogP contribution in [0.3, 0.4) is 0 Å². The molecule has 2 aromatic heterocycles. The molecule has 0 aliphatic carbocycles. The summed E-state index contributed by atoms with van der Waals surface area (Å²) in [6, 6.07) is 13.0. The molecule has 7 nitrogen and oxygen atoms in total. The molecule has 2 heterocycles. The summed E-state index contributed by atoms with van der Waals surface area (Å²) in [6.07, 6.45) is 6.13. The molecule has 0 spiro atoms. The minimum Gasteiger partial charge on any atom is -0.350 e. The van der Waals surface area contributed by atoms with Crippen LogP contribution in [-0.4, -0.2) is 31.8 Å². The molecule has 146 valence electrons. The van der Waals surface area contributed by atoms with Crippen LogP contribution in [0.1, 0.15) is 41.6 Å². The fourth-order valence-electron chi connectivity index (χ4n) is 2.91. The van der Waals surface area contributed by atoms with Gasteiger partial charge in [0.25, 0.3) is 11.5 Å². The zero-order chi connectivity index (χ0) is 19.8. The first-order valence-electron chi connectivity index (χ1n) is 9.57. The molecule has 1 N–H and O–H groups in total. The smallest absolute Gasteiger partial charge is 0.271 e. The quantitative estimate of drug-likeness (QED) is 0.618. The van der Waals surface area contributed by atoms with Crippen LogP contribution in [0.25, 0.3) is 0 Å². The first kappa shape index (κ1) is 19.5. The molecule has 0 aliphatic rings. The highest BCUT2D eigenvalue weighted by Crippen LogP contribution is 2.06. The number of hydrogen-bond donors (Lipinski definition) is 1. The van der Waals surface area contributed by atoms with Crippen LogP contribution in [0.4, 0.5) is 0 Å². The Balaban J connectivity index is 1.56. The average molecular weight is 379 g/mol. The molecule has 0 bridgehead atoms. The zero-order valence-electron chi connectivity index (χ0n) is 16.0. The molecule has 0 saturated carbocycles. The highest BCUT2D eigenvalue weighted by atomic mass is 16.2. The van der Waals surface area contributed by atoms with Crippen molar-refractivity contribution in [3.63, 3.8) is 0 Å². The molecule has 1 aromatic carbocycles. The second-order valence-corrected chi connectivity index (χ2v) is 6.60. The summed E-state index contributed by atoms with van der Waals surface area (Å²) in [7, 11) is 0. The zero-order valence-corrected chi connectivity index (χ0v) is 16.0. The maximum Gasteiger partial charge on any atom is 0.271 e. The van der Waals surface area contributed by atoms with Gasteiger partial charge in [-0.1, -0.05) is 43.7 Å². The second-order valence-electron chi connectivity index (χ2n) is 6.60. The molecule has 0 saturated heterocycles. The summed E-state index contributed by atoms with van der Waals surface area (Å²) in [6.45, 7) is 3.76. The molecule has 7 heteroatoms. The SMILES string of the molecule is CCCCn1nc(C(=O)NCCc2nccn2Cc2ccccc2)ccc1=O. The predicted octanol–water partition coefficient (Wildman–Crippen LogP) is 2.26. The molecule has 1 amide bonds. The second kappa shape index (κ2) is 9.64. The Kier molecular flexibility index (Phi) is 6.73. The van der Waals surface area contributed by atoms with Gasteiger partial charge in [-0.2, -0.15) is 5.10 Å². The number of unbranched alkanes of at least 4 members (excludes halogenated alkanes) is 1. The van der Waals surface area contributed by atoms with E-state index in [4.69, 9.17) is 0 Å². The van der Waals surface area contributed by atoms with Gasteiger partial charge in [0, 0.05) is 44.5 Å². The van der Waals surface area contributed by atoms with Gasteiger partial charge in [-0.15, -0.1) is 0 Å². The topological polar surface area (TPSA) is 81.8 Å². The third-order valence-electron chi connectivity index (χ3n) is 4.45. The number of aryl methyl sites for hydroxylation is 1. The van der Waals surface area contributed by atoms with E-state index in [0.29, 0.717) is 19.5 Å². The van der Waals surface area contributed by atoms with Crippen molar-refractivity contribution in [2.24, 2.45) is 0 Å². The first-order chi connectivity index (χ1) is 13.7. The van der Waals surface area contributed by atoms with Gasteiger partial charge in [-0.25, -0.2) is 9.67 Å². The van der Waals surface area contributed by atoms with Gasteiger partial charge >= 0.3 is 0 Å². The Labute approximate surface area is 164 Å². The molecule has 0 radical (unpaired) electrons. The highest BCUT2D eigenvalue weighted by Gasteiger charge is 2.10. The van der Waals surface area contributed by atoms with Gasteiger partial charge < -0.3 is 9.88 Å². The van der Waals surface area contributed by atoms with Gasteiger partial charge in [-0.05, 0) is 18.1 Å². The third-order valence-corrected chi connectivity index (χ3v) is 4.45. The number of imidazole rings is 1. The standard InChI is InChI=1S/C21H25N5O2/c1-2-3-14-26-20(27)10-9-18(24-26)21(28)23-12-11-19-22-13-15-25(19)16-17-7-5-4-6-8-17/h4-10,13,15H,2-3,11-12,14,16H2,1H3,(H,23,28). The Morgan fingerprint density at radius 2 is 1.96 bits per heavy atom. The molecule has 0 atom stereocenters. The van der Waals surface area contributed by atoms with Gasteiger partial charge in [0.2, 0.25) is 0 Å². The Morgan fingerprint density at radius 3 is 2.75 bits per heavy atom. The highest BCUT2D eigenvalue weighted by molar-refractivity contribution is 5.91. The van der Waals surface area contributed by atoms with Crippen molar-refractivity contribution < 1.29 is 4.79 Å². The average Bonchev–Trinajstić information content (AvgIpc) is 3.15. The normalized spacial score (nSPS) is 10.8. The molecule has 0 fully saturated rings. The number of hydrogen-bond acceptors (Lipinski definition) is 4. The molecule has 28 heavy (non-hydrogen) atoms. The van der Waals surface area contributed by atoms with E-state index < -0.39 is 0 Å². The summed E-state index contributed by atoms with van der Waals surface area (Å²) in [5.41, 5.74) is 1.26. The predicted molar refractivity (Wildman–Crippen MR) is 107 cm³/mol. The number of carbonyl (C=O) groups excluding carboxylic acids is 1. The number of rotatable bonds is 9. The summed E-state index contributed by atoms with van der Waals surface area (Å²) in [5, 5.41) is 7.03. The van der Waals surface area contributed by atoms with E-state index in [1.165, 1.54) is 22.4 Å². The summed E-state index contributed by atoms with van der Waals surface area (Å²) >= 11 is 0. The minimum atomic E-state index is -0.286. The van der Waals surface area contributed by atoms with Crippen molar-refractivity contribution in [2.75, 3.05) is 6.54 Å². The molecule has 3 rings (SSSR count). The van der Waals surface area contributed by atoms with E-state index in [1.54, 1.807) is 6.20 Å². The molecular formula is C21H25N5O2. The lowest BCUT2D eigenvalue weighted by Gasteiger charge is -2.09. The summed E-state index contributed by atoms with van der Waals surface area (Å²) < 4.78 is 3.43. The lowest BCUT2D eigenvalue weighted by atomic mass is 10.2. The number of nitrogens with one attached hydrogen (secondary N) is 1. The van der Waals surface area contributed by atoms with Crippen LogP contribution in [-0.2, 0) is 19.5 Å². The number of carbonyl (C=O) groups is 1. The molecule has 0 unspecified atom stereocenters. The van der Waals surface area contributed by atoms with Gasteiger partial charge in [0.1, 0.15) is 11.5 Å². The molecule has 3 aromatic rings. The van der Waals surface area contributed by atoms with Gasteiger partial charge in [0.15, 0.2) is 0 Å². The van der Waals surface area contributed by atoms with Crippen LogP contribution >= 0.6 is 0 Å². The van der Waals surface area contributed by atoms with Crippen LogP contribution < -0.4 is 10.9 Å². The number of aromatic nitrogens is 4. The van der Waals surface area contributed by atoms with Gasteiger partial charge in [-0.3, -0.25) is 9.59 Å². The maximum atomic E-state index is 12.4. The third kappa shape index (κ3) is 5.16. The number of benzene rings is 1. The van der Waals surface area contributed by atoms with E-state index in [2.05, 4.69) is 32.1 Å². The molecular weight excluding hydrogens is 354 g/mol. The fourth-order valence-corrected chi connectivity index (χ4v) is 2.91. The van der Waals surface area contributed by atoms with E-state index in [1.807, 2.05) is 31.3 Å². The first-order valence-corrected chi connectivity index (χ1v) is 9.57. The van der Waals surface area contributed by atoms with Crippen molar-refractivity contribution in [3.8, 4) is 0 Å². The van der Waals surface area contributed by atoms with Crippen molar-refractivity contribution >= 4 is 5.91 Å². The molecule has 0 aliphatic heterocycles. The monoisotopic (exact) mass is 379 g/mol. The van der Waals surface area contributed by atoms with E-state index in [-0.39, 0.29) is 17.2 Å². The van der Waals surface area contributed by atoms with Crippen molar-refractivity contribution in [2.45, 2.75) is 39.3 Å². The van der Waals surface area contributed by atoms with Crippen LogP contribution in [0.5, 0.6) is 0 Å². The van der Waals surface area contributed by atoms with Crippen LogP contribution in [0, 0.1) is 0 Å². The lowest BCUT2D eigenvalue weighted by Crippen LogP contribution is -2.31. The Bertz CT molecular complexity index is 962. The number of nitrogens with zero attached hydrogens (tertiary/aromatic N) is 4. The van der Waals surface area contributed by atoms with Crippen LogP contribution in [0.2, 0.25) is 0 Å². The van der Waals surface area contributed by atoms with Gasteiger partial charge in [0.05, 0.1) is 0 Å². The van der Waals surface area contributed by atoms with Crippen molar-refractivity contribution in [3.05, 3.63) is 82.3 Å². The van der Waals surface area contributed by atoms with Crippen LogP contribution in [0.15, 0.2) is 59.7 Å². The summed E-state index contributed by atoms with van der Waals surface area (Å²) in [5.74, 6) is 0.622. The maximum absolute atomic E-state index is 12.4. The largest absolute Gasteiger partial charge is 0.350 e. The summed E-state index contributed by atoms with van der Waals surface area (Å²) in [4.78, 5) is 28.6. The van der Waals surface area contributed by atoms with Crippen molar-refractivity contribution in [1.29, 1.82) is 0 Å². The minimum absolute atomic E-state index is 0.187.